The van der Waals surface area contributed by atoms with E-state index in [4.69, 9.17) is 21.1 Å². The summed E-state index contributed by atoms with van der Waals surface area (Å²) in [6.07, 6.45) is 0. The van der Waals surface area contributed by atoms with Gasteiger partial charge in [0, 0.05) is 16.3 Å². The second-order valence-electron chi connectivity index (χ2n) is 5.95. The first-order valence-corrected chi connectivity index (χ1v) is 9.98. The van der Waals surface area contributed by atoms with Gasteiger partial charge in [0.2, 0.25) is 0 Å². The number of amides is 1. The van der Waals surface area contributed by atoms with Crippen LogP contribution in [0.3, 0.4) is 0 Å². The van der Waals surface area contributed by atoms with Crippen LogP contribution in [0.25, 0.3) is 0 Å². The standard InChI is InChI=1S/C20H20ClNO4S/c1-3-26-20(24)17-12-27-19(14-7-4-8-15(21)10-14)22(17)18(23)13-6-5-9-16(11-13)25-2/h4-11,17,19H,3,12H2,1-2H3. The number of ether oxygens (including phenoxy) is 2. The molecule has 1 aliphatic heterocycles. The Bertz CT molecular complexity index is 844. The maximum atomic E-state index is 13.3. The summed E-state index contributed by atoms with van der Waals surface area (Å²) in [5.74, 6) is 0.401. The number of hydrogen-bond acceptors (Lipinski definition) is 5. The second kappa shape index (κ2) is 8.67. The first kappa shape index (κ1) is 19.6. The van der Waals surface area contributed by atoms with Crippen LogP contribution in [-0.2, 0) is 9.53 Å². The van der Waals surface area contributed by atoms with Gasteiger partial charge in [-0.25, -0.2) is 4.79 Å². The van der Waals surface area contributed by atoms with Crippen molar-refractivity contribution in [3.63, 3.8) is 0 Å². The van der Waals surface area contributed by atoms with Crippen LogP contribution in [0.15, 0.2) is 48.5 Å². The molecule has 3 rings (SSSR count). The third-order valence-corrected chi connectivity index (χ3v) is 5.80. The molecule has 0 bridgehead atoms. The molecule has 2 aromatic carbocycles. The lowest BCUT2D eigenvalue weighted by molar-refractivity contribution is -0.147. The van der Waals surface area contributed by atoms with Crippen LogP contribution in [0.5, 0.6) is 5.75 Å². The van der Waals surface area contributed by atoms with E-state index in [2.05, 4.69) is 0 Å². The van der Waals surface area contributed by atoms with Gasteiger partial charge in [-0.15, -0.1) is 11.8 Å². The Morgan fingerprint density at radius 1 is 1.22 bits per heavy atom. The lowest BCUT2D eigenvalue weighted by atomic mass is 10.1. The highest BCUT2D eigenvalue weighted by atomic mass is 35.5. The molecule has 1 aliphatic rings. The van der Waals surface area contributed by atoms with Gasteiger partial charge in [-0.05, 0) is 42.8 Å². The number of thioether (sulfide) groups is 1. The summed E-state index contributed by atoms with van der Waals surface area (Å²) in [7, 11) is 1.55. The van der Waals surface area contributed by atoms with E-state index in [0.29, 0.717) is 22.1 Å². The predicted octanol–water partition coefficient (Wildman–Crippen LogP) is 4.17. The van der Waals surface area contributed by atoms with Gasteiger partial charge in [0.25, 0.3) is 5.91 Å². The molecule has 2 atom stereocenters. The zero-order chi connectivity index (χ0) is 19.4. The van der Waals surface area contributed by atoms with Crippen LogP contribution in [0.1, 0.15) is 28.2 Å². The minimum absolute atomic E-state index is 0.248. The Balaban J connectivity index is 1.99. The van der Waals surface area contributed by atoms with E-state index in [1.165, 1.54) is 11.8 Å². The molecule has 0 aromatic heterocycles. The molecule has 7 heteroatoms. The fourth-order valence-electron chi connectivity index (χ4n) is 3.00. The number of rotatable bonds is 5. The van der Waals surface area contributed by atoms with Gasteiger partial charge < -0.3 is 14.4 Å². The average Bonchev–Trinajstić information content (AvgIpc) is 3.13. The summed E-state index contributed by atoms with van der Waals surface area (Å²) in [4.78, 5) is 27.4. The Morgan fingerprint density at radius 2 is 2.00 bits per heavy atom. The summed E-state index contributed by atoms with van der Waals surface area (Å²) >= 11 is 7.66. The van der Waals surface area contributed by atoms with E-state index in [1.807, 2.05) is 18.2 Å². The molecular weight excluding hydrogens is 386 g/mol. The lowest BCUT2D eigenvalue weighted by Gasteiger charge is -2.28. The molecule has 142 valence electrons. The molecule has 0 N–H and O–H groups in total. The monoisotopic (exact) mass is 405 g/mol. The Morgan fingerprint density at radius 3 is 2.70 bits per heavy atom. The van der Waals surface area contributed by atoms with E-state index in [0.717, 1.165) is 5.56 Å². The number of hydrogen-bond donors (Lipinski definition) is 0. The topological polar surface area (TPSA) is 55.8 Å². The molecule has 1 saturated heterocycles. The van der Waals surface area contributed by atoms with E-state index in [-0.39, 0.29) is 17.9 Å². The quantitative estimate of drug-likeness (QED) is 0.699. The zero-order valence-corrected chi connectivity index (χ0v) is 16.6. The number of esters is 1. The highest BCUT2D eigenvalue weighted by Gasteiger charge is 2.43. The van der Waals surface area contributed by atoms with Crippen molar-refractivity contribution in [1.82, 2.24) is 4.90 Å². The van der Waals surface area contributed by atoms with Crippen LogP contribution < -0.4 is 4.74 Å². The molecule has 0 aliphatic carbocycles. The fourth-order valence-corrected chi connectivity index (χ4v) is 4.60. The Labute approximate surface area is 167 Å². The largest absolute Gasteiger partial charge is 0.497 e. The summed E-state index contributed by atoms with van der Waals surface area (Å²) in [6.45, 7) is 2.02. The van der Waals surface area contributed by atoms with Crippen molar-refractivity contribution in [2.75, 3.05) is 19.5 Å². The number of halogens is 1. The summed E-state index contributed by atoms with van der Waals surface area (Å²) in [5.41, 5.74) is 1.33. The zero-order valence-electron chi connectivity index (χ0n) is 15.1. The molecule has 5 nitrogen and oxygen atoms in total. The maximum absolute atomic E-state index is 13.3. The van der Waals surface area contributed by atoms with Gasteiger partial charge in [0.1, 0.15) is 17.2 Å². The third kappa shape index (κ3) is 4.22. The lowest BCUT2D eigenvalue weighted by Crippen LogP contribution is -2.43. The van der Waals surface area contributed by atoms with Gasteiger partial charge in [0.05, 0.1) is 13.7 Å². The molecular formula is C20H20ClNO4S. The van der Waals surface area contributed by atoms with Gasteiger partial charge in [-0.2, -0.15) is 0 Å². The van der Waals surface area contributed by atoms with Crippen molar-refractivity contribution >= 4 is 35.2 Å². The summed E-state index contributed by atoms with van der Waals surface area (Å²) in [6, 6.07) is 13.6. The fraction of sp³-hybridized carbons (Fsp3) is 0.300. The molecule has 1 heterocycles. The summed E-state index contributed by atoms with van der Waals surface area (Å²) < 4.78 is 10.4. The number of carbonyl (C=O) groups is 2. The highest BCUT2D eigenvalue weighted by Crippen LogP contribution is 2.43. The van der Waals surface area contributed by atoms with Crippen LogP contribution in [-0.4, -0.2) is 42.3 Å². The van der Waals surface area contributed by atoms with Crippen molar-refractivity contribution in [3.05, 3.63) is 64.7 Å². The Hall–Kier alpha value is -2.18. The molecule has 27 heavy (non-hydrogen) atoms. The minimum Gasteiger partial charge on any atom is -0.497 e. The second-order valence-corrected chi connectivity index (χ2v) is 7.50. The van der Waals surface area contributed by atoms with Crippen molar-refractivity contribution < 1.29 is 19.1 Å². The van der Waals surface area contributed by atoms with Crippen molar-refractivity contribution in [3.8, 4) is 5.75 Å². The Kier molecular flexibility index (Phi) is 6.29. The van der Waals surface area contributed by atoms with Crippen molar-refractivity contribution in [2.45, 2.75) is 18.3 Å². The summed E-state index contributed by atoms with van der Waals surface area (Å²) in [5, 5.41) is 0.262. The van der Waals surface area contributed by atoms with Crippen LogP contribution in [0, 0.1) is 0 Å². The molecule has 0 saturated carbocycles. The SMILES string of the molecule is CCOC(=O)C1CSC(c2cccc(Cl)c2)N1C(=O)c1cccc(OC)c1. The minimum atomic E-state index is -0.655. The normalized spacial score (nSPS) is 19.0. The van der Waals surface area contributed by atoms with Crippen LogP contribution in [0.2, 0.25) is 5.02 Å². The van der Waals surface area contributed by atoms with Gasteiger partial charge in [-0.3, -0.25) is 4.79 Å². The van der Waals surface area contributed by atoms with Gasteiger partial charge >= 0.3 is 5.97 Å². The average molecular weight is 406 g/mol. The molecule has 0 radical (unpaired) electrons. The predicted molar refractivity (Wildman–Crippen MR) is 106 cm³/mol. The molecule has 1 amide bonds. The maximum Gasteiger partial charge on any atom is 0.329 e. The van der Waals surface area contributed by atoms with Crippen LogP contribution >= 0.6 is 23.4 Å². The number of methoxy groups -OCH3 is 1. The van der Waals surface area contributed by atoms with E-state index in [9.17, 15) is 9.59 Å². The smallest absolute Gasteiger partial charge is 0.329 e. The van der Waals surface area contributed by atoms with Gasteiger partial charge in [-0.1, -0.05) is 29.8 Å². The molecule has 2 unspecified atom stereocenters. The first-order chi connectivity index (χ1) is 13.0. The third-order valence-electron chi connectivity index (χ3n) is 4.24. The molecule has 0 spiro atoms. The molecule has 1 fully saturated rings. The first-order valence-electron chi connectivity index (χ1n) is 8.55. The van der Waals surface area contributed by atoms with E-state index >= 15 is 0 Å². The van der Waals surface area contributed by atoms with Crippen molar-refractivity contribution in [1.29, 1.82) is 0 Å². The highest BCUT2D eigenvalue weighted by molar-refractivity contribution is 7.99. The number of carbonyl (C=O) groups excluding carboxylic acids is 2. The molecule has 2 aromatic rings. The number of benzene rings is 2. The van der Waals surface area contributed by atoms with Crippen LogP contribution in [0.4, 0.5) is 0 Å². The number of nitrogens with zero attached hydrogens (tertiary/aromatic N) is 1. The van der Waals surface area contributed by atoms with Gasteiger partial charge in [0.15, 0.2) is 0 Å². The van der Waals surface area contributed by atoms with Crippen molar-refractivity contribution in [2.24, 2.45) is 0 Å². The van der Waals surface area contributed by atoms with E-state index < -0.39 is 12.0 Å². The van der Waals surface area contributed by atoms with E-state index in [1.54, 1.807) is 49.3 Å².